The van der Waals surface area contributed by atoms with Crippen molar-refractivity contribution in [3.8, 4) is 5.75 Å². The van der Waals surface area contributed by atoms with E-state index in [2.05, 4.69) is 19.2 Å². The van der Waals surface area contributed by atoms with Crippen LogP contribution < -0.4 is 10.1 Å². The maximum absolute atomic E-state index is 12.0. The molecule has 0 spiro atoms. The third-order valence-electron chi connectivity index (χ3n) is 4.09. The summed E-state index contributed by atoms with van der Waals surface area (Å²) in [5.74, 6) is 1.18. The van der Waals surface area contributed by atoms with Crippen LogP contribution in [0.3, 0.4) is 0 Å². The van der Waals surface area contributed by atoms with E-state index in [0.29, 0.717) is 12.3 Å². The highest BCUT2D eigenvalue weighted by Crippen LogP contribution is 2.23. The minimum atomic E-state index is -3.02. The molecule has 0 aliphatic carbocycles. The largest absolute Gasteiger partial charge is 0.493 e. The lowest BCUT2D eigenvalue weighted by atomic mass is 10.0. The third kappa shape index (κ3) is 5.23. The molecule has 1 aromatic carbocycles. The summed E-state index contributed by atoms with van der Waals surface area (Å²) in [6.45, 7) is 6.31. The van der Waals surface area contributed by atoms with Crippen LogP contribution in [-0.2, 0) is 14.6 Å². The van der Waals surface area contributed by atoms with Crippen molar-refractivity contribution in [2.24, 2.45) is 0 Å². The molecule has 2 rings (SSSR count). The van der Waals surface area contributed by atoms with E-state index in [1.54, 1.807) is 6.92 Å². The number of benzene rings is 1. The molecule has 23 heavy (non-hydrogen) atoms. The van der Waals surface area contributed by atoms with E-state index in [-0.39, 0.29) is 30.4 Å². The second kappa shape index (κ2) is 6.91. The Hall–Kier alpha value is -1.56. The van der Waals surface area contributed by atoms with Crippen LogP contribution in [0.15, 0.2) is 24.3 Å². The predicted molar refractivity (Wildman–Crippen MR) is 90.5 cm³/mol. The van der Waals surface area contributed by atoms with E-state index in [1.165, 1.54) is 5.56 Å². The van der Waals surface area contributed by atoms with Gasteiger partial charge in [-0.3, -0.25) is 4.79 Å². The molecule has 1 aliphatic heterocycles. The molecule has 1 atom stereocenters. The van der Waals surface area contributed by atoms with Gasteiger partial charge in [-0.2, -0.15) is 0 Å². The topological polar surface area (TPSA) is 72.5 Å². The number of hydrogen-bond donors (Lipinski definition) is 1. The molecular formula is C17H25NO4S. The molecule has 1 aromatic rings. The normalized spacial score (nSPS) is 23.0. The quantitative estimate of drug-likeness (QED) is 0.863. The SMILES string of the molecule is CC(C)c1ccc(OCCC(=O)N[C@@]2(C)CCS(=O)(=O)C2)cc1. The number of sulfone groups is 1. The van der Waals surface area contributed by atoms with Crippen molar-refractivity contribution in [1.29, 1.82) is 0 Å². The average Bonchev–Trinajstić information content (AvgIpc) is 2.72. The Morgan fingerprint density at radius 1 is 1.30 bits per heavy atom. The molecule has 1 N–H and O–H groups in total. The number of nitrogens with one attached hydrogen (secondary N) is 1. The minimum absolute atomic E-state index is 0.0171. The van der Waals surface area contributed by atoms with Crippen LogP contribution in [0.2, 0.25) is 0 Å². The fraction of sp³-hybridized carbons (Fsp3) is 0.588. The Morgan fingerprint density at radius 2 is 1.96 bits per heavy atom. The Morgan fingerprint density at radius 3 is 2.48 bits per heavy atom. The molecule has 1 saturated heterocycles. The zero-order valence-electron chi connectivity index (χ0n) is 14.0. The summed E-state index contributed by atoms with van der Waals surface area (Å²) in [6.07, 6.45) is 0.681. The maximum atomic E-state index is 12.0. The highest BCUT2D eigenvalue weighted by atomic mass is 32.2. The molecule has 5 nitrogen and oxygen atoms in total. The summed E-state index contributed by atoms with van der Waals surface area (Å²) in [6, 6.07) is 7.84. The van der Waals surface area contributed by atoms with E-state index in [4.69, 9.17) is 4.74 Å². The number of ether oxygens (including phenoxy) is 1. The van der Waals surface area contributed by atoms with Gasteiger partial charge in [0.15, 0.2) is 9.84 Å². The van der Waals surface area contributed by atoms with Gasteiger partial charge in [-0.05, 0) is 37.0 Å². The van der Waals surface area contributed by atoms with Gasteiger partial charge in [0.2, 0.25) is 5.91 Å². The van der Waals surface area contributed by atoms with Crippen LogP contribution in [0.4, 0.5) is 0 Å². The van der Waals surface area contributed by atoms with Crippen LogP contribution in [0.1, 0.15) is 45.1 Å². The van der Waals surface area contributed by atoms with E-state index in [9.17, 15) is 13.2 Å². The van der Waals surface area contributed by atoms with E-state index >= 15 is 0 Å². The summed E-state index contributed by atoms with van der Waals surface area (Å²) >= 11 is 0. The van der Waals surface area contributed by atoms with Gasteiger partial charge in [0.25, 0.3) is 0 Å². The van der Waals surface area contributed by atoms with Crippen LogP contribution in [-0.4, -0.2) is 38.0 Å². The number of carbonyl (C=O) groups excluding carboxylic acids is 1. The first-order chi connectivity index (χ1) is 10.7. The Balaban J connectivity index is 1.77. The van der Waals surface area contributed by atoms with Gasteiger partial charge in [-0.15, -0.1) is 0 Å². The Labute approximate surface area is 138 Å². The monoisotopic (exact) mass is 339 g/mol. The van der Waals surface area contributed by atoms with Crippen molar-refractivity contribution < 1.29 is 17.9 Å². The van der Waals surface area contributed by atoms with Gasteiger partial charge in [0.1, 0.15) is 5.75 Å². The predicted octanol–water partition coefficient (Wildman–Crippen LogP) is 2.27. The maximum Gasteiger partial charge on any atom is 0.223 e. The Bertz CT molecular complexity index is 652. The first-order valence-electron chi connectivity index (χ1n) is 7.93. The number of carbonyl (C=O) groups is 1. The zero-order chi connectivity index (χ0) is 17.1. The average molecular weight is 339 g/mol. The highest BCUT2D eigenvalue weighted by Gasteiger charge is 2.39. The first kappa shape index (κ1) is 17.8. The lowest BCUT2D eigenvalue weighted by Gasteiger charge is -2.23. The molecule has 0 unspecified atom stereocenters. The Kier molecular flexibility index (Phi) is 5.34. The smallest absolute Gasteiger partial charge is 0.223 e. The van der Waals surface area contributed by atoms with Gasteiger partial charge in [-0.25, -0.2) is 8.42 Å². The van der Waals surface area contributed by atoms with Gasteiger partial charge in [0, 0.05) is 0 Å². The summed E-state index contributed by atoms with van der Waals surface area (Å²) < 4.78 is 28.6. The van der Waals surface area contributed by atoms with Gasteiger partial charge >= 0.3 is 0 Å². The second-order valence-electron chi connectivity index (χ2n) is 6.77. The zero-order valence-corrected chi connectivity index (χ0v) is 14.8. The fourth-order valence-corrected chi connectivity index (χ4v) is 4.81. The van der Waals surface area contributed by atoms with E-state index < -0.39 is 15.4 Å². The molecule has 1 fully saturated rings. The van der Waals surface area contributed by atoms with Crippen molar-refractivity contribution in [2.75, 3.05) is 18.1 Å². The number of amides is 1. The van der Waals surface area contributed by atoms with Crippen LogP contribution >= 0.6 is 0 Å². The molecule has 6 heteroatoms. The van der Waals surface area contributed by atoms with Crippen molar-refractivity contribution in [3.05, 3.63) is 29.8 Å². The molecule has 1 aliphatic rings. The molecular weight excluding hydrogens is 314 g/mol. The number of rotatable bonds is 6. The van der Waals surface area contributed by atoms with Crippen molar-refractivity contribution >= 4 is 15.7 Å². The van der Waals surface area contributed by atoms with Crippen molar-refractivity contribution in [2.45, 2.75) is 45.1 Å². The molecule has 0 bridgehead atoms. The van der Waals surface area contributed by atoms with Gasteiger partial charge in [-0.1, -0.05) is 26.0 Å². The lowest BCUT2D eigenvalue weighted by molar-refractivity contribution is -0.123. The molecule has 1 amide bonds. The summed E-state index contributed by atoms with van der Waals surface area (Å²) in [5, 5.41) is 2.82. The summed E-state index contributed by atoms with van der Waals surface area (Å²) in [7, 11) is -3.02. The molecule has 0 aromatic heterocycles. The summed E-state index contributed by atoms with van der Waals surface area (Å²) in [5.41, 5.74) is 0.597. The van der Waals surface area contributed by atoms with Gasteiger partial charge < -0.3 is 10.1 Å². The van der Waals surface area contributed by atoms with Crippen LogP contribution in [0.25, 0.3) is 0 Å². The highest BCUT2D eigenvalue weighted by molar-refractivity contribution is 7.91. The van der Waals surface area contributed by atoms with Crippen LogP contribution in [0.5, 0.6) is 5.75 Å². The van der Waals surface area contributed by atoms with Crippen molar-refractivity contribution in [1.82, 2.24) is 5.32 Å². The van der Waals surface area contributed by atoms with E-state index in [1.807, 2.05) is 24.3 Å². The second-order valence-corrected chi connectivity index (χ2v) is 8.96. The number of hydrogen-bond acceptors (Lipinski definition) is 4. The van der Waals surface area contributed by atoms with Crippen molar-refractivity contribution in [3.63, 3.8) is 0 Å². The van der Waals surface area contributed by atoms with E-state index in [0.717, 1.165) is 5.75 Å². The standard InChI is InChI=1S/C17H25NO4S/c1-13(2)14-4-6-15(7-5-14)22-10-8-16(19)18-17(3)9-11-23(20,21)12-17/h4-7,13H,8-12H2,1-3H3,(H,18,19)/t17-/m0/s1. The fourth-order valence-electron chi connectivity index (χ4n) is 2.72. The first-order valence-corrected chi connectivity index (χ1v) is 9.75. The molecule has 0 radical (unpaired) electrons. The molecule has 1 heterocycles. The third-order valence-corrected chi connectivity index (χ3v) is 5.99. The summed E-state index contributed by atoms with van der Waals surface area (Å²) in [4.78, 5) is 12.0. The molecule has 0 saturated carbocycles. The molecule has 128 valence electrons. The minimum Gasteiger partial charge on any atom is -0.493 e. The lowest BCUT2D eigenvalue weighted by Crippen LogP contribution is -2.47. The van der Waals surface area contributed by atoms with Gasteiger partial charge in [0.05, 0.1) is 30.1 Å². The van der Waals surface area contributed by atoms with Crippen LogP contribution in [0, 0.1) is 0 Å².